The number of nitrogens with zero attached hydrogens (tertiary/aromatic N) is 3. The molecule has 150 valence electrons. The van der Waals surface area contributed by atoms with Gasteiger partial charge in [-0.05, 0) is 38.3 Å². The largest absolute Gasteiger partial charge is 0.369 e. The van der Waals surface area contributed by atoms with E-state index in [1.807, 2.05) is 73.3 Å². The lowest BCUT2D eigenvalue weighted by molar-refractivity contribution is 0.103. The Morgan fingerprint density at radius 2 is 1.72 bits per heavy atom. The number of rotatable bonds is 8. The van der Waals surface area contributed by atoms with Gasteiger partial charge in [-0.15, -0.1) is 0 Å². The van der Waals surface area contributed by atoms with E-state index in [2.05, 4.69) is 10.1 Å². The van der Waals surface area contributed by atoms with Crippen LogP contribution in [0, 0.1) is 0 Å². The molecule has 2 N–H and O–H groups in total. The van der Waals surface area contributed by atoms with Crippen molar-refractivity contribution in [1.29, 1.82) is 0 Å². The van der Waals surface area contributed by atoms with Crippen molar-refractivity contribution >= 4 is 17.6 Å². The summed E-state index contributed by atoms with van der Waals surface area (Å²) in [6.45, 7) is 5.61. The standard InChI is InChI=1S/C23H26N4O2/c1-3-27(4-2)23(24)25-21-16-20(26-29-21)14-13-17-9-8-12-19(15-17)22(28)18-10-6-5-7-11-18/h5-12,15-16H,3-4,13-14H2,1-2H3,(H2,24,25). The first-order valence-corrected chi connectivity index (χ1v) is 9.84. The maximum Gasteiger partial charge on any atom is 0.253 e. The van der Waals surface area contributed by atoms with Gasteiger partial charge in [-0.1, -0.05) is 53.7 Å². The fourth-order valence-electron chi connectivity index (χ4n) is 3.10. The van der Waals surface area contributed by atoms with Gasteiger partial charge in [0.2, 0.25) is 0 Å². The molecule has 0 saturated carbocycles. The van der Waals surface area contributed by atoms with Crippen molar-refractivity contribution in [2.45, 2.75) is 26.7 Å². The smallest absolute Gasteiger partial charge is 0.253 e. The van der Waals surface area contributed by atoms with Gasteiger partial charge in [-0.3, -0.25) is 4.79 Å². The Kier molecular flexibility index (Phi) is 6.79. The molecule has 0 aliphatic rings. The van der Waals surface area contributed by atoms with E-state index in [0.29, 0.717) is 29.4 Å². The number of aliphatic imine (C=N–C) groups is 1. The molecule has 0 aliphatic heterocycles. The third-order valence-corrected chi connectivity index (χ3v) is 4.75. The van der Waals surface area contributed by atoms with Crippen LogP contribution in [-0.2, 0) is 12.8 Å². The number of carbonyl (C=O) groups excluding carboxylic acids is 1. The summed E-state index contributed by atoms with van der Waals surface area (Å²) in [4.78, 5) is 18.9. The van der Waals surface area contributed by atoms with E-state index < -0.39 is 0 Å². The van der Waals surface area contributed by atoms with Crippen LogP contribution in [0.25, 0.3) is 0 Å². The van der Waals surface area contributed by atoms with Gasteiger partial charge in [0.25, 0.3) is 5.88 Å². The molecule has 6 heteroatoms. The monoisotopic (exact) mass is 390 g/mol. The predicted molar refractivity (Wildman–Crippen MR) is 114 cm³/mol. The normalized spacial score (nSPS) is 11.4. The molecule has 1 aromatic heterocycles. The summed E-state index contributed by atoms with van der Waals surface area (Å²) < 4.78 is 5.28. The Hall–Kier alpha value is -3.41. The first-order chi connectivity index (χ1) is 14.1. The van der Waals surface area contributed by atoms with E-state index >= 15 is 0 Å². The summed E-state index contributed by atoms with van der Waals surface area (Å²) >= 11 is 0. The van der Waals surface area contributed by atoms with Crippen LogP contribution in [0.15, 0.2) is 70.2 Å². The molecule has 6 nitrogen and oxygen atoms in total. The van der Waals surface area contributed by atoms with Crippen molar-refractivity contribution in [1.82, 2.24) is 10.1 Å². The van der Waals surface area contributed by atoms with Gasteiger partial charge in [-0.25, -0.2) is 0 Å². The SMILES string of the molecule is CCN(CC)C(N)=Nc1cc(CCc2cccc(C(=O)c3ccccc3)c2)no1. The number of nitrogens with two attached hydrogens (primary N) is 1. The Labute approximate surface area is 171 Å². The van der Waals surface area contributed by atoms with Crippen LogP contribution in [0.3, 0.4) is 0 Å². The first kappa shape index (κ1) is 20.3. The first-order valence-electron chi connectivity index (χ1n) is 9.84. The van der Waals surface area contributed by atoms with E-state index in [1.54, 1.807) is 6.07 Å². The van der Waals surface area contributed by atoms with Gasteiger partial charge >= 0.3 is 0 Å². The van der Waals surface area contributed by atoms with Gasteiger partial charge in [0.15, 0.2) is 11.7 Å². The van der Waals surface area contributed by atoms with Crippen LogP contribution in [-0.4, -0.2) is 34.9 Å². The molecular weight excluding hydrogens is 364 g/mol. The number of hydrogen-bond acceptors (Lipinski definition) is 4. The van der Waals surface area contributed by atoms with E-state index in [9.17, 15) is 4.79 Å². The second-order valence-corrected chi connectivity index (χ2v) is 6.69. The quantitative estimate of drug-likeness (QED) is 0.357. The molecule has 2 aromatic carbocycles. The maximum absolute atomic E-state index is 12.6. The number of aryl methyl sites for hydroxylation is 2. The zero-order chi connectivity index (χ0) is 20.6. The van der Waals surface area contributed by atoms with Gasteiger partial charge in [-0.2, -0.15) is 4.99 Å². The van der Waals surface area contributed by atoms with Crippen LogP contribution >= 0.6 is 0 Å². The summed E-state index contributed by atoms with van der Waals surface area (Å²) in [7, 11) is 0. The molecule has 0 saturated heterocycles. The van der Waals surface area contributed by atoms with E-state index in [-0.39, 0.29) is 5.78 Å². The van der Waals surface area contributed by atoms with Crippen molar-refractivity contribution < 1.29 is 9.32 Å². The van der Waals surface area contributed by atoms with Crippen molar-refractivity contribution in [2.75, 3.05) is 13.1 Å². The van der Waals surface area contributed by atoms with Crippen LogP contribution in [0.4, 0.5) is 5.88 Å². The molecule has 0 amide bonds. The molecule has 0 spiro atoms. The molecule has 0 unspecified atom stereocenters. The maximum atomic E-state index is 12.6. The van der Waals surface area contributed by atoms with Crippen molar-refractivity contribution in [3.05, 3.63) is 83.0 Å². The van der Waals surface area contributed by atoms with Crippen LogP contribution in [0.1, 0.15) is 41.0 Å². The molecule has 0 bridgehead atoms. The van der Waals surface area contributed by atoms with E-state index in [0.717, 1.165) is 30.8 Å². The lowest BCUT2D eigenvalue weighted by Crippen LogP contribution is -2.36. The molecule has 3 aromatic rings. The zero-order valence-electron chi connectivity index (χ0n) is 16.8. The Morgan fingerprint density at radius 3 is 2.45 bits per heavy atom. The zero-order valence-corrected chi connectivity index (χ0v) is 16.8. The highest BCUT2D eigenvalue weighted by Gasteiger charge is 2.10. The molecule has 0 atom stereocenters. The average molecular weight is 390 g/mol. The van der Waals surface area contributed by atoms with Crippen LogP contribution in [0.2, 0.25) is 0 Å². The van der Waals surface area contributed by atoms with Crippen molar-refractivity contribution in [2.24, 2.45) is 10.7 Å². The average Bonchev–Trinajstić information content (AvgIpc) is 3.20. The summed E-state index contributed by atoms with van der Waals surface area (Å²) in [5.74, 6) is 0.847. The Balaban J connectivity index is 1.65. The highest BCUT2D eigenvalue weighted by atomic mass is 16.5. The molecule has 0 radical (unpaired) electrons. The summed E-state index contributed by atoms with van der Waals surface area (Å²) in [5.41, 5.74) is 9.24. The Morgan fingerprint density at radius 1 is 1.00 bits per heavy atom. The minimum Gasteiger partial charge on any atom is -0.369 e. The van der Waals surface area contributed by atoms with Crippen molar-refractivity contribution in [3.8, 4) is 0 Å². The van der Waals surface area contributed by atoms with Crippen LogP contribution in [0.5, 0.6) is 0 Å². The van der Waals surface area contributed by atoms with Crippen LogP contribution < -0.4 is 5.73 Å². The topological polar surface area (TPSA) is 84.7 Å². The lowest BCUT2D eigenvalue weighted by Gasteiger charge is -2.18. The number of benzene rings is 2. The second-order valence-electron chi connectivity index (χ2n) is 6.69. The molecule has 3 rings (SSSR count). The van der Waals surface area contributed by atoms with E-state index in [4.69, 9.17) is 10.3 Å². The predicted octanol–water partition coefficient (Wildman–Crippen LogP) is 3.98. The molecule has 29 heavy (non-hydrogen) atoms. The number of ketones is 1. The van der Waals surface area contributed by atoms with Gasteiger partial charge in [0.1, 0.15) is 0 Å². The molecular formula is C23H26N4O2. The van der Waals surface area contributed by atoms with Crippen molar-refractivity contribution in [3.63, 3.8) is 0 Å². The number of guanidine groups is 1. The lowest BCUT2D eigenvalue weighted by atomic mass is 9.99. The summed E-state index contributed by atoms with van der Waals surface area (Å²) in [6, 6.07) is 18.8. The van der Waals surface area contributed by atoms with E-state index in [1.165, 1.54) is 0 Å². The minimum absolute atomic E-state index is 0.0254. The molecule has 0 fully saturated rings. The highest BCUT2D eigenvalue weighted by molar-refractivity contribution is 6.09. The number of hydrogen-bond donors (Lipinski definition) is 1. The fourth-order valence-corrected chi connectivity index (χ4v) is 3.10. The number of carbonyl (C=O) groups is 1. The number of aromatic nitrogens is 1. The van der Waals surface area contributed by atoms with Gasteiger partial charge in [0.05, 0.1) is 5.69 Å². The third-order valence-electron chi connectivity index (χ3n) is 4.75. The van der Waals surface area contributed by atoms with Gasteiger partial charge in [0, 0.05) is 30.3 Å². The Bertz CT molecular complexity index is 975. The fraction of sp³-hybridized carbons (Fsp3) is 0.261. The minimum atomic E-state index is 0.0254. The third kappa shape index (κ3) is 5.31. The molecule has 1 heterocycles. The molecule has 0 aliphatic carbocycles. The second kappa shape index (κ2) is 9.68. The highest BCUT2D eigenvalue weighted by Crippen LogP contribution is 2.17. The summed E-state index contributed by atoms with van der Waals surface area (Å²) in [5, 5.41) is 4.08. The van der Waals surface area contributed by atoms with Gasteiger partial charge < -0.3 is 15.2 Å². The summed E-state index contributed by atoms with van der Waals surface area (Å²) in [6.07, 6.45) is 1.43.